The molecule has 4 nitrogen and oxygen atoms in total. The molecule has 0 aliphatic carbocycles. The zero-order valence-corrected chi connectivity index (χ0v) is 14.1. The van der Waals surface area contributed by atoms with E-state index in [0.717, 1.165) is 42.5 Å². The molecule has 5 heteroatoms. The number of nitrogens with one attached hydrogen (secondary N) is 1. The standard InChI is InChI=1S/C16H26N2O2S/c1-4-17-12-15-11-16(14(3)10-13(15)2)21(19,20)18-8-6-5-7-9-18/h10-11,17H,4-9,12H2,1-3H3. The molecule has 1 aromatic carbocycles. The summed E-state index contributed by atoms with van der Waals surface area (Å²) in [6, 6.07) is 3.85. The van der Waals surface area contributed by atoms with E-state index in [4.69, 9.17) is 0 Å². The van der Waals surface area contributed by atoms with Crippen LogP contribution in [0.5, 0.6) is 0 Å². The highest BCUT2D eigenvalue weighted by Gasteiger charge is 2.27. The predicted octanol–water partition coefficient (Wildman–Crippen LogP) is 2.59. The van der Waals surface area contributed by atoms with Gasteiger partial charge < -0.3 is 5.32 Å². The fourth-order valence-corrected chi connectivity index (χ4v) is 4.62. The lowest BCUT2D eigenvalue weighted by Crippen LogP contribution is -2.36. The number of benzene rings is 1. The summed E-state index contributed by atoms with van der Waals surface area (Å²) in [5.74, 6) is 0. The topological polar surface area (TPSA) is 49.4 Å². The number of nitrogens with zero attached hydrogens (tertiary/aromatic N) is 1. The Balaban J connectivity index is 2.37. The Bertz CT molecular complexity index is 591. The van der Waals surface area contributed by atoms with Crippen molar-refractivity contribution in [3.05, 3.63) is 28.8 Å². The SMILES string of the molecule is CCNCc1cc(S(=O)(=O)N2CCCCC2)c(C)cc1C. The van der Waals surface area contributed by atoms with Crippen molar-refractivity contribution in [1.82, 2.24) is 9.62 Å². The number of hydrogen-bond donors (Lipinski definition) is 1. The summed E-state index contributed by atoms with van der Waals surface area (Å²) in [5, 5.41) is 3.27. The van der Waals surface area contributed by atoms with E-state index >= 15 is 0 Å². The van der Waals surface area contributed by atoms with Gasteiger partial charge in [-0.2, -0.15) is 4.31 Å². The van der Waals surface area contributed by atoms with E-state index in [1.807, 2.05) is 26.0 Å². The van der Waals surface area contributed by atoms with Gasteiger partial charge in [0, 0.05) is 19.6 Å². The number of hydrogen-bond acceptors (Lipinski definition) is 3. The van der Waals surface area contributed by atoms with Gasteiger partial charge in [-0.15, -0.1) is 0 Å². The van der Waals surface area contributed by atoms with E-state index in [1.165, 1.54) is 0 Å². The lowest BCUT2D eigenvalue weighted by molar-refractivity contribution is 0.346. The van der Waals surface area contributed by atoms with Gasteiger partial charge in [-0.3, -0.25) is 0 Å². The van der Waals surface area contributed by atoms with Gasteiger partial charge in [0.05, 0.1) is 4.90 Å². The maximum Gasteiger partial charge on any atom is 0.243 e. The van der Waals surface area contributed by atoms with Crippen LogP contribution in [0, 0.1) is 13.8 Å². The number of piperidine rings is 1. The van der Waals surface area contributed by atoms with Crippen LogP contribution in [0.3, 0.4) is 0 Å². The zero-order chi connectivity index (χ0) is 15.5. The van der Waals surface area contributed by atoms with Crippen molar-refractivity contribution in [3.8, 4) is 0 Å². The molecule has 2 rings (SSSR count). The largest absolute Gasteiger partial charge is 0.313 e. The Kier molecular flexibility index (Phi) is 5.41. The van der Waals surface area contributed by atoms with Crippen molar-refractivity contribution < 1.29 is 8.42 Å². The highest BCUT2D eigenvalue weighted by molar-refractivity contribution is 7.89. The van der Waals surface area contributed by atoms with Gasteiger partial charge in [0.1, 0.15) is 0 Å². The molecule has 0 unspecified atom stereocenters. The maximum absolute atomic E-state index is 12.9. The molecule has 1 N–H and O–H groups in total. The van der Waals surface area contributed by atoms with Crippen molar-refractivity contribution in [3.63, 3.8) is 0 Å². The molecule has 1 aliphatic rings. The van der Waals surface area contributed by atoms with Gasteiger partial charge in [-0.25, -0.2) is 8.42 Å². The van der Waals surface area contributed by atoms with Crippen LogP contribution in [0.25, 0.3) is 0 Å². The quantitative estimate of drug-likeness (QED) is 0.909. The fourth-order valence-electron chi connectivity index (χ4n) is 2.85. The molecule has 0 radical (unpaired) electrons. The van der Waals surface area contributed by atoms with E-state index in [9.17, 15) is 8.42 Å². The average molecular weight is 310 g/mol. The van der Waals surface area contributed by atoms with Crippen molar-refractivity contribution in [2.24, 2.45) is 0 Å². The second-order valence-corrected chi connectivity index (χ2v) is 7.70. The first-order chi connectivity index (χ1) is 9.96. The highest BCUT2D eigenvalue weighted by atomic mass is 32.2. The van der Waals surface area contributed by atoms with Crippen LogP contribution in [0.1, 0.15) is 42.9 Å². The third-order valence-electron chi connectivity index (χ3n) is 4.13. The second kappa shape index (κ2) is 6.90. The zero-order valence-electron chi connectivity index (χ0n) is 13.3. The van der Waals surface area contributed by atoms with Crippen LogP contribution < -0.4 is 5.32 Å². The molecule has 1 aromatic rings. The smallest absolute Gasteiger partial charge is 0.243 e. The summed E-state index contributed by atoms with van der Waals surface area (Å²) < 4.78 is 27.3. The average Bonchev–Trinajstić information content (AvgIpc) is 2.47. The summed E-state index contributed by atoms with van der Waals surface area (Å²) in [4.78, 5) is 0.475. The Morgan fingerprint density at radius 3 is 2.38 bits per heavy atom. The van der Waals surface area contributed by atoms with Crippen LogP contribution in [-0.4, -0.2) is 32.4 Å². The third kappa shape index (κ3) is 3.65. The van der Waals surface area contributed by atoms with E-state index in [-0.39, 0.29) is 0 Å². The van der Waals surface area contributed by atoms with E-state index < -0.39 is 10.0 Å². The third-order valence-corrected chi connectivity index (χ3v) is 6.17. The first kappa shape index (κ1) is 16.5. The Morgan fingerprint density at radius 1 is 1.10 bits per heavy atom. The highest BCUT2D eigenvalue weighted by Crippen LogP contribution is 2.26. The molecule has 1 heterocycles. The summed E-state index contributed by atoms with van der Waals surface area (Å²) in [6.07, 6.45) is 3.06. The lowest BCUT2D eigenvalue weighted by Gasteiger charge is -2.27. The molecule has 1 saturated heterocycles. The molecular weight excluding hydrogens is 284 g/mol. The molecule has 0 aromatic heterocycles. The van der Waals surface area contributed by atoms with Crippen molar-refractivity contribution in [2.75, 3.05) is 19.6 Å². The first-order valence-electron chi connectivity index (χ1n) is 7.77. The van der Waals surface area contributed by atoms with Crippen molar-refractivity contribution in [2.45, 2.75) is 51.5 Å². The van der Waals surface area contributed by atoms with Gasteiger partial charge in [0.25, 0.3) is 0 Å². The Labute approximate surface area is 128 Å². The molecule has 0 spiro atoms. The molecule has 0 saturated carbocycles. The van der Waals surface area contributed by atoms with Crippen molar-refractivity contribution >= 4 is 10.0 Å². The molecule has 1 aliphatic heterocycles. The van der Waals surface area contributed by atoms with Gasteiger partial charge in [0.2, 0.25) is 10.0 Å². The number of sulfonamides is 1. The second-order valence-electron chi connectivity index (χ2n) is 5.79. The summed E-state index contributed by atoms with van der Waals surface area (Å²) in [7, 11) is -3.35. The summed E-state index contributed by atoms with van der Waals surface area (Å²) in [6.45, 7) is 8.87. The molecule has 118 valence electrons. The normalized spacial score (nSPS) is 17.1. The molecule has 0 bridgehead atoms. The lowest BCUT2D eigenvalue weighted by atomic mass is 10.1. The van der Waals surface area contributed by atoms with Crippen LogP contribution >= 0.6 is 0 Å². The maximum atomic E-state index is 12.9. The van der Waals surface area contributed by atoms with E-state index in [1.54, 1.807) is 4.31 Å². The monoisotopic (exact) mass is 310 g/mol. The van der Waals surface area contributed by atoms with Gasteiger partial charge in [-0.1, -0.05) is 19.4 Å². The van der Waals surface area contributed by atoms with Crippen LogP contribution in [0.4, 0.5) is 0 Å². The minimum absolute atomic E-state index is 0.475. The van der Waals surface area contributed by atoms with E-state index in [0.29, 0.717) is 24.5 Å². The van der Waals surface area contributed by atoms with Crippen molar-refractivity contribution in [1.29, 1.82) is 0 Å². The summed E-state index contributed by atoms with van der Waals surface area (Å²) in [5.41, 5.74) is 3.06. The van der Waals surface area contributed by atoms with Crippen LogP contribution in [0.2, 0.25) is 0 Å². The minimum atomic E-state index is -3.35. The summed E-state index contributed by atoms with van der Waals surface area (Å²) >= 11 is 0. The van der Waals surface area contributed by atoms with Gasteiger partial charge >= 0.3 is 0 Å². The molecule has 21 heavy (non-hydrogen) atoms. The van der Waals surface area contributed by atoms with Crippen LogP contribution in [0.15, 0.2) is 17.0 Å². The molecule has 1 fully saturated rings. The Hall–Kier alpha value is -0.910. The number of rotatable bonds is 5. The van der Waals surface area contributed by atoms with Gasteiger partial charge in [0.15, 0.2) is 0 Å². The van der Waals surface area contributed by atoms with Crippen LogP contribution in [-0.2, 0) is 16.6 Å². The fraction of sp³-hybridized carbons (Fsp3) is 0.625. The first-order valence-corrected chi connectivity index (χ1v) is 9.22. The Morgan fingerprint density at radius 2 is 1.76 bits per heavy atom. The molecular formula is C16H26N2O2S. The molecule has 0 amide bonds. The van der Waals surface area contributed by atoms with E-state index in [2.05, 4.69) is 12.2 Å². The minimum Gasteiger partial charge on any atom is -0.313 e. The predicted molar refractivity (Wildman–Crippen MR) is 85.9 cm³/mol. The number of aryl methyl sites for hydroxylation is 2. The molecule has 0 atom stereocenters. The van der Waals surface area contributed by atoms with Gasteiger partial charge in [-0.05, 0) is 56.0 Å².